The second-order valence-corrected chi connectivity index (χ2v) is 8.10. The van der Waals surface area contributed by atoms with Crippen LogP contribution in [0.25, 0.3) is 0 Å². The van der Waals surface area contributed by atoms with E-state index in [4.69, 9.17) is 9.47 Å². The predicted octanol–water partition coefficient (Wildman–Crippen LogP) is 1.44. The van der Waals surface area contributed by atoms with E-state index in [1.165, 1.54) is 57.9 Å². The lowest BCUT2D eigenvalue weighted by atomic mass is 9.89. The van der Waals surface area contributed by atoms with Gasteiger partial charge in [0.15, 0.2) is 6.10 Å². The zero-order chi connectivity index (χ0) is 23.0. The number of nitro groups is 1. The lowest BCUT2D eigenvalue weighted by Gasteiger charge is -2.44. The number of carbonyl (C=O) groups excluding carboxylic acids is 3. The molecule has 0 saturated carbocycles. The molecule has 166 valence electrons. The van der Waals surface area contributed by atoms with Gasteiger partial charge in [-0.2, -0.15) is 0 Å². The van der Waals surface area contributed by atoms with Gasteiger partial charge in [0.05, 0.1) is 11.1 Å². The highest BCUT2D eigenvalue weighted by atomic mass is 32.2. The number of nitro benzene ring substituents is 1. The van der Waals surface area contributed by atoms with E-state index in [0.717, 1.165) is 0 Å². The van der Waals surface area contributed by atoms with Crippen LogP contribution in [0.2, 0.25) is 0 Å². The van der Waals surface area contributed by atoms with Crippen molar-refractivity contribution in [2.75, 3.05) is 0 Å². The van der Waals surface area contributed by atoms with Crippen molar-refractivity contribution in [3.8, 4) is 0 Å². The number of hydrogen-bond donors (Lipinski definition) is 0. The number of amides is 1. The van der Waals surface area contributed by atoms with Crippen LogP contribution >= 0.6 is 11.8 Å². The molecule has 2 aliphatic heterocycles. The Bertz CT molecular complexity index is 1130. The van der Waals surface area contributed by atoms with Crippen LogP contribution < -0.4 is 0 Å². The monoisotopic (exact) mass is 459 g/mol. The summed E-state index contributed by atoms with van der Waals surface area (Å²) in [5.74, 6) is -2.38. The quantitative estimate of drug-likeness (QED) is 0.258. The molecule has 1 fully saturated rings. The molecule has 1 saturated heterocycles. The van der Waals surface area contributed by atoms with Gasteiger partial charge in [-0.15, -0.1) is 16.9 Å². The van der Waals surface area contributed by atoms with Crippen LogP contribution in [0.1, 0.15) is 24.3 Å². The summed E-state index contributed by atoms with van der Waals surface area (Å²) in [5.41, 5.74) is 0.928. The number of carbonyl (C=O) groups is 3. The molecule has 3 unspecified atom stereocenters. The molecule has 12 nitrogen and oxygen atoms in total. The number of fused-ring (bicyclic) bond motifs is 1. The van der Waals surface area contributed by atoms with Gasteiger partial charge in [-0.3, -0.25) is 29.3 Å². The molecule has 0 aliphatic carbocycles. The number of aryl methyl sites for hydroxylation is 1. The normalized spacial score (nSPS) is 20.1. The van der Waals surface area contributed by atoms with Crippen molar-refractivity contribution in [3.05, 3.63) is 62.9 Å². The molecule has 3 heterocycles. The Morgan fingerprint density at radius 1 is 1.31 bits per heavy atom. The average Bonchev–Trinajstić information content (AvgIpc) is 3.35. The van der Waals surface area contributed by atoms with Gasteiger partial charge in [0.25, 0.3) is 5.69 Å². The summed E-state index contributed by atoms with van der Waals surface area (Å²) >= 11 is 1.25. The Morgan fingerprint density at radius 3 is 2.62 bits per heavy atom. The van der Waals surface area contributed by atoms with E-state index < -0.39 is 40.2 Å². The van der Waals surface area contributed by atoms with Gasteiger partial charge in [0.2, 0.25) is 5.91 Å². The van der Waals surface area contributed by atoms with Gasteiger partial charge < -0.3 is 9.47 Å². The van der Waals surface area contributed by atoms with Crippen molar-refractivity contribution in [1.82, 2.24) is 19.9 Å². The first-order valence-corrected chi connectivity index (χ1v) is 10.3. The van der Waals surface area contributed by atoms with Crippen LogP contribution in [0.15, 0.2) is 41.6 Å². The molecule has 32 heavy (non-hydrogen) atoms. The number of aromatic nitrogens is 3. The second-order valence-electron chi connectivity index (χ2n) is 7.11. The minimum atomic E-state index is -0.925. The summed E-state index contributed by atoms with van der Waals surface area (Å²) in [6.07, 6.45) is 0.641. The van der Waals surface area contributed by atoms with Crippen LogP contribution in [-0.4, -0.2) is 48.0 Å². The Labute approximate surface area is 185 Å². The number of rotatable bonds is 7. The molecule has 1 amide bonds. The summed E-state index contributed by atoms with van der Waals surface area (Å²) in [5, 5.41) is 19.6. The van der Waals surface area contributed by atoms with Gasteiger partial charge in [-0.05, 0) is 17.7 Å². The molecule has 13 heteroatoms. The molecular formula is C19H17N5O7S. The van der Waals surface area contributed by atoms with Crippen molar-refractivity contribution in [3.63, 3.8) is 0 Å². The standard InChI is InChI=1S/C19H17N5O7S/c1-10(25)31-16(13-7-22(2)21-20-13)15-17(26)23-14(9-32-18(15)23)19(27)30-8-11-3-5-12(6-4-11)24(28)29/h3-7,9,15-16,18H,8H2,1-2H3. The highest BCUT2D eigenvalue weighted by Gasteiger charge is 2.58. The molecule has 2 aliphatic rings. The maximum atomic E-state index is 12.9. The van der Waals surface area contributed by atoms with Crippen molar-refractivity contribution in [2.24, 2.45) is 13.0 Å². The van der Waals surface area contributed by atoms with Gasteiger partial charge in [0.1, 0.15) is 29.3 Å². The molecule has 4 rings (SSSR count). The number of benzene rings is 1. The van der Waals surface area contributed by atoms with Crippen molar-refractivity contribution >= 4 is 35.3 Å². The van der Waals surface area contributed by atoms with Crippen molar-refractivity contribution < 1.29 is 28.8 Å². The van der Waals surface area contributed by atoms with Crippen molar-refractivity contribution in [1.29, 1.82) is 0 Å². The SMILES string of the molecule is CC(=O)OC(c1cn(C)nn1)C1C(=O)N2C(C(=O)OCc3ccc([N+](=O)[O-])cc3)=CSC12. The highest BCUT2D eigenvalue weighted by molar-refractivity contribution is 8.03. The maximum absolute atomic E-state index is 12.9. The molecule has 1 aromatic carbocycles. The topological polar surface area (TPSA) is 147 Å². The molecule has 0 radical (unpaired) electrons. The number of ether oxygens (including phenoxy) is 2. The lowest BCUT2D eigenvalue weighted by molar-refractivity contribution is -0.384. The van der Waals surface area contributed by atoms with E-state index in [2.05, 4.69) is 10.3 Å². The Kier molecular flexibility index (Phi) is 5.65. The minimum absolute atomic E-state index is 0.0690. The summed E-state index contributed by atoms with van der Waals surface area (Å²) in [6, 6.07) is 5.60. The van der Waals surface area contributed by atoms with E-state index >= 15 is 0 Å². The van der Waals surface area contributed by atoms with Gasteiger partial charge in [-0.1, -0.05) is 5.21 Å². The van der Waals surface area contributed by atoms with Crippen LogP contribution in [-0.2, 0) is 37.5 Å². The van der Waals surface area contributed by atoms with E-state index in [9.17, 15) is 24.5 Å². The fourth-order valence-electron chi connectivity index (χ4n) is 3.43. The molecule has 1 aromatic heterocycles. The number of nitrogens with zero attached hydrogens (tertiary/aromatic N) is 5. The summed E-state index contributed by atoms with van der Waals surface area (Å²) in [4.78, 5) is 48.5. The van der Waals surface area contributed by atoms with Crippen LogP contribution in [0.5, 0.6) is 0 Å². The van der Waals surface area contributed by atoms with E-state index in [-0.39, 0.29) is 18.0 Å². The molecule has 0 bridgehead atoms. The molecule has 2 aromatic rings. The zero-order valence-corrected chi connectivity index (χ0v) is 17.7. The van der Waals surface area contributed by atoms with Gasteiger partial charge in [0, 0.05) is 31.5 Å². The van der Waals surface area contributed by atoms with E-state index in [1.54, 1.807) is 13.2 Å². The first kappa shape index (κ1) is 21.5. The largest absolute Gasteiger partial charge is 0.456 e. The fraction of sp³-hybridized carbons (Fsp3) is 0.316. The molecular weight excluding hydrogens is 442 g/mol. The highest BCUT2D eigenvalue weighted by Crippen LogP contribution is 2.50. The molecule has 0 spiro atoms. The summed E-state index contributed by atoms with van der Waals surface area (Å²) < 4.78 is 12.1. The van der Waals surface area contributed by atoms with Crippen LogP contribution in [0, 0.1) is 16.0 Å². The summed E-state index contributed by atoms with van der Waals surface area (Å²) in [7, 11) is 1.65. The third-order valence-electron chi connectivity index (χ3n) is 4.92. The second kappa shape index (κ2) is 8.42. The van der Waals surface area contributed by atoms with E-state index in [0.29, 0.717) is 11.3 Å². The molecule has 0 N–H and O–H groups in total. The predicted molar refractivity (Wildman–Crippen MR) is 108 cm³/mol. The lowest BCUT2D eigenvalue weighted by Crippen LogP contribution is -2.59. The number of hydrogen-bond acceptors (Lipinski definition) is 10. The van der Waals surface area contributed by atoms with Gasteiger partial charge >= 0.3 is 11.9 Å². The van der Waals surface area contributed by atoms with Gasteiger partial charge in [-0.25, -0.2) is 4.79 Å². The van der Waals surface area contributed by atoms with E-state index in [1.807, 2.05) is 0 Å². The third kappa shape index (κ3) is 3.93. The zero-order valence-electron chi connectivity index (χ0n) is 16.9. The Morgan fingerprint density at radius 2 is 2.03 bits per heavy atom. The Balaban J connectivity index is 1.41. The molecule has 3 atom stereocenters. The minimum Gasteiger partial charge on any atom is -0.456 e. The maximum Gasteiger partial charge on any atom is 0.355 e. The fourth-order valence-corrected chi connectivity index (χ4v) is 4.68. The first-order valence-electron chi connectivity index (χ1n) is 9.39. The average molecular weight is 459 g/mol. The number of non-ortho nitro benzene ring substituents is 1. The number of esters is 2. The van der Waals surface area contributed by atoms with Crippen LogP contribution in [0.4, 0.5) is 5.69 Å². The first-order chi connectivity index (χ1) is 15.3. The Hall–Kier alpha value is -3.74. The number of β-lactam (4-membered cyclic amide) rings is 1. The van der Waals surface area contributed by atoms with Crippen molar-refractivity contribution in [2.45, 2.75) is 25.0 Å². The third-order valence-corrected chi connectivity index (χ3v) is 6.06. The number of thioether (sulfide) groups is 1. The smallest absolute Gasteiger partial charge is 0.355 e. The summed E-state index contributed by atoms with van der Waals surface area (Å²) in [6.45, 7) is 1.13. The van der Waals surface area contributed by atoms with Crippen LogP contribution in [0.3, 0.4) is 0 Å².